The Bertz CT molecular complexity index is 924. The molecule has 0 saturated carbocycles. The van der Waals surface area contributed by atoms with Crippen molar-refractivity contribution in [1.29, 1.82) is 0 Å². The molecule has 2 heterocycles. The number of benzene rings is 1. The number of nitrogens with one attached hydrogen (secondary N) is 2. The van der Waals surface area contributed by atoms with Crippen molar-refractivity contribution in [2.75, 3.05) is 26.2 Å². The van der Waals surface area contributed by atoms with E-state index in [1.807, 2.05) is 0 Å². The van der Waals surface area contributed by atoms with E-state index in [2.05, 4.69) is 20.6 Å². The van der Waals surface area contributed by atoms with Crippen molar-refractivity contribution in [1.82, 2.24) is 20.6 Å². The van der Waals surface area contributed by atoms with Gasteiger partial charge in [-0.15, -0.1) is 0 Å². The zero-order chi connectivity index (χ0) is 19.9. The number of amides is 2. The molecule has 2 aromatic heterocycles. The van der Waals surface area contributed by atoms with Gasteiger partial charge in [-0.1, -0.05) is 12.1 Å². The molecule has 0 spiro atoms. The molecular formula is C20H24N6O2. The first-order chi connectivity index (χ1) is 13.7. The number of aromatic nitrogens is 2. The van der Waals surface area contributed by atoms with Gasteiger partial charge in [0.15, 0.2) is 0 Å². The van der Waals surface area contributed by atoms with Crippen molar-refractivity contribution < 1.29 is 9.59 Å². The van der Waals surface area contributed by atoms with Crippen molar-refractivity contribution in [3.05, 3.63) is 47.8 Å². The Labute approximate surface area is 162 Å². The highest BCUT2D eigenvalue weighted by Crippen LogP contribution is 2.26. The molecule has 146 valence electrons. The number of carbonyl (C=O) groups excluding carboxylic acids is 2. The first-order valence-corrected chi connectivity index (χ1v) is 9.30. The van der Waals surface area contributed by atoms with E-state index in [1.54, 1.807) is 36.7 Å². The maximum Gasteiger partial charge on any atom is 0.252 e. The van der Waals surface area contributed by atoms with Gasteiger partial charge in [-0.2, -0.15) is 0 Å². The van der Waals surface area contributed by atoms with Crippen LogP contribution in [-0.2, 0) is 0 Å². The van der Waals surface area contributed by atoms with Gasteiger partial charge in [0.05, 0.1) is 22.2 Å². The molecule has 0 bridgehead atoms. The van der Waals surface area contributed by atoms with Crippen LogP contribution in [0.1, 0.15) is 33.6 Å². The summed E-state index contributed by atoms with van der Waals surface area (Å²) in [7, 11) is 0. The third-order valence-corrected chi connectivity index (χ3v) is 4.44. The van der Waals surface area contributed by atoms with E-state index < -0.39 is 0 Å². The maximum absolute atomic E-state index is 12.5. The summed E-state index contributed by atoms with van der Waals surface area (Å²) in [5.41, 5.74) is 13.2. The van der Waals surface area contributed by atoms with Gasteiger partial charge in [-0.25, -0.2) is 0 Å². The summed E-state index contributed by atoms with van der Waals surface area (Å²) in [5, 5.41) is 7.09. The van der Waals surface area contributed by atoms with Gasteiger partial charge >= 0.3 is 0 Å². The quantitative estimate of drug-likeness (QED) is 0.339. The van der Waals surface area contributed by atoms with E-state index in [9.17, 15) is 9.59 Å². The minimum Gasteiger partial charge on any atom is -0.352 e. The fraction of sp³-hybridized carbons (Fsp3) is 0.300. The second kappa shape index (κ2) is 9.20. The minimum atomic E-state index is -0.184. The molecule has 8 nitrogen and oxygen atoms in total. The number of fused-ring (bicyclic) bond motifs is 3. The molecule has 0 aliphatic heterocycles. The lowest BCUT2D eigenvalue weighted by Crippen LogP contribution is -2.26. The largest absolute Gasteiger partial charge is 0.352 e. The van der Waals surface area contributed by atoms with Gasteiger partial charge in [-0.05, 0) is 38.1 Å². The minimum absolute atomic E-state index is 0.184. The number of hydrogen-bond donors (Lipinski definition) is 4. The molecule has 0 saturated heterocycles. The Balaban J connectivity index is 2.01. The van der Waals surface area contributed by atoms with E-state index in [-0.39, 0.29) is 11.8 Å². The van der Waals surface area contributed by atoms with Crippen LogP contribution >= 0.6 is 0 Å². The summed E-state index contributed by atoms with van der Waals surface area (Å²) in [6.45, 7) is 2.06. The average molecular weight is 380 g/mol. The summed E-state index contributed by atoms with van der Waals surface area (Å²) in [6.07, 6.45) is 4.58. The highest BCUT2D eigenvalue weighted by molar-refractivity contribution is 6.16. The Morgan fingerprint density at radius 1 is 0.750 bits per heavy atom. The smallest absolute Gasteiger partial charge is 0.252 e. The Kier molecular flexibility index (Phi) is 6.46. The molecule has 3 rings (SSSR count). The number of rotatable bonds is 8. The van der Waals surface area contributed by atoms with Crippen molar-refractivity contribution in [2.45, 2.75) is 12.8 Å². The third-order valence-electron chi connectivity index (χ3n) is 4.44. The Morgan fingerprint density at radius 3 is 1.57 bits per heavy atom. The van der Waals surface area contributed by atoms with Gasteiger partial charge < -0.3 is 22.1 Å². The second-order valence-corrected chi connectivity index (χ2v) is 6.37. The molecule has 1 aromatic carbocycles. The molecule has 0 atom stereocenters. The third kappa shape index (κ3) is 4.08. The number of hydrogen-bond acceptors (Lipinski definition) is 6. The molecule has 3 aromatic rings. The van der Waals surface area contributed by atoms with Gasteiger partial charge in [0.1, 0.15) is 0 Å². The van der Waals surface area contributed by atoms with Crippen molar-refractivity contribution >= 4 is 33.6 Å². The first-order valence-electron chi connectivity index (χ1n) is 9.30. The fourth-order valence-electron chi connectivity index (χ4n) is 3.02. The Morgan fingerprint density at radius 2 is 1.18 bits per heavy atom. The number of pyridine rings is 2. The molecular weight excluding hydrogens is 356 g/mol. The summed E-state index contributed by atoms with van der Waals surface area (Å²) < 4.78 is 0. The SMILES string of the molecule is NCCCNC(=O)c1ccnc2c1ccc1c(C(=O)NCCCN)ccnc12. The molecule has 0 radical (unpaired) electrons. The van der Waals surface area contributed by atoms with E-state index in [4.69, 9.17) is 11.5 Å². The number of carbonyl (C=O) groups is 2. The first kappa shape index (κ1) is 19.7. The Hall–Kier alpha value is -3.10. The van der Waals surface area contributed by atoms with Gasteiger partial charge in [-0.3, -0.25) is 19.6 Å². The monoisotopic (exact) mass is 380 g/mol. The van der Waals surface area contributed by atoms with Crippen LogP contribution < -0.4 is 22.1 Å². The van der Waals surface area contributed by atoms with Crippen LogP contribution in [0.25, 0.3) is 21.8 Å². The van der Waals surface area contributed by atoms with Crippen LogP contribution in [0.2, 0.25) is 0 Å². The standard InChI is InChI=1S/C20H24N6O2/c21-7-1-9-25-19(27)15-5-11-23-17-13(15)3-4-14-16(6-12-24-18(14)17)20(28)26-10-2-8-22/h3-6,11-12H,1-2,7-10,21-22H2,(H,25,27)(H,26,28). The highest BCUT2D eigenvalue weighted by Gasteiger charge is 2.16. The lowest BCUT2D eigenvalue weighted by molar-refractivity contribution is 0.0946. The molecule has 6 N–H and O–H groups in total. The van der Waals surface area contributed by atoms with Crippen molar-refractivity contribution in [2.24, 2.45) is 11.5 Å². The summed E-state index contributed by atoms with van der Waals surface area (Å²) in [5.74, 6) is -0.369. The number of nitrogens with zero attached hydrogens (tertiary/aromatic N) is 2. The molecule has 8 heteroatoms. The molecule has 0 aliphatic carbocycles. The topological polar surface area (TPSA) is 136 Å². The van der Waals surface area contributed by atoms with Crippen LogP contribution in [0.15, 0.2) is 36.7 Å². The molecule has 28 heavy (non-hydrogen) atoms. The van der Waals surface area contributed by atoms with Crippen LogP contribution in [0.3, 0.4) is 0 Å². The lowest BCUT2D eigenvalue weighted by atomic mass is 10.0. The molecule has 2 amide bonds. The molecule has 0 aliphatic rings. The summed E-state index contributed by atoms with van der Waals surface area (Å²) in [4.78, 5) is 33.9. The van der Waals surface area contributed by atoms with E-state index in [1.165, 1.54) is 0 Å². The predicted octanol–water partition coefficient (Wildman–Crippen LogP) is 0.940. The van der Waals surface area contributed by atoms with Crippen LogP contribution in [0, 0.1) is 0 Å². The summed E-state index contributed by atoms with van der Waals surface area (Å²) in [6, 6.07) is 6.96. The fourth-order valence-corrected chi connectivity index (χ4v) is 3.02. The van der Waals surface area contributed by atoms with Crippen LogP contribution in [0.4, 0.5) is 0 Å². The lowest BCUT2D eigenvalue weighted by Gasteiger charge is -2.11. The molecule has 0 fully saturated rings. The normalized spacial score (nSPS) is 10.9. The van der Waals surface area contributed by atoms with Crippen LogP contribution in [0.5, 0.6) is 0 Å². The van der Waals surface area contributed by atoms with Gasteiger partial charge in [0.2, 0.25) is 0 Å². The zero-order valence-electron chi connectivity index (χ0n) is 15.6. The van der Waals surface area contributed by atoms with Crippen molar-refractivity contribution in [3.63, 3.8) is 0 Å². The summed E-state index contributed by atoms with van der Waals surface area (Å²) >= 11 is 0. The molecule has 0 unspecified atom stereocenters. The van der Waals surface area contributed by atoms with E-state index >= 15 is 0 Å². The van der Waals surface area contributed by atoms with Crippen LogP contribution in [-0.4, -0.2) is 48.0 Å². The number of nitrogens with two attached hydrogens (primary N) is 2. The highest BCUT2D eigenvalue weighted by atomic mass is 16.2. The predicted molar refractivity (Wildman–Crippen MR) is 109 cm³/mol. The maximum atomic E-state index is 12.5. The van der Waals surface area contributed by atoms with E-state index in [0.29, 0.717) is 72.0 Å². The van der Waals surface area contributed by atoms with E-state index in [0.717, 1.165) is 0 Å². The van der Waals surface area contributed by atoms with Crippen molar-refractivity contribution in [3.8, 4) is 0 Å². The van der Waals surface area contributed by atoms with Gasteiger partial charge in [0.25, 0.3) is 11.8 Å². The van der Waals surface area contributed by atoms with Gasteiger partial charge in [0, 0.05) is 36.3 Å². The average Bonchev–Trinajstić information content (AvgIpc) is 2.72. The second-order valence-electron chi connectivity index (χ2n) is 6.37. The zero-order valence-corrected chi connectivity index (χ0v) is 15.6.